The monoisotopic (exact) mass is 281 g/mol. The Hall–Kier alpha value is -1.03. The number of fused-ring (bicyclic) bond motifs is 1. The first-order valence-corrected chi connectivity index (χ1v) is 6.67. The van der Waals surface area contributed by atoms with Crippen molar-refractivity contribution < 1.29 is 0 Å². The fourth-order valence-corrected chi connectivity index (χ4v) is 2.84. The second kappa shape index (κ2) is 4.57. The summed E-state index contributed by atoms with van der Waals surface area (Å²) >= 11 is 12.2. The van der Waals surface area contributed by atoms with Crippen LogP contribution in [0.3, 0.4) is 0 Å². The third-order valence-electron chi connectivity index (χ3n) is 3.29. The minimum absolute atomic E-state index is 0.180. The van der Waals surface area contributed by atoms with Gasteiger partial charge in [0, 0.05) is 29.6 Å². The van der Waals surface area contributed by atoms with Crippen LogP contribution in [0.1, 0.15) is 12.1 Å². The minimum Gasteiger partial charge on any atom is -0.327 e. The number of imidazole rings is 1. The third-order valence-corrected chi connectivity index (χ3v) is 3.82. The van der Waals surface area contributed by atoms with Gasteiger partial charge in [0.2, 0.25) is 0 Å². The first-order chi connectivity index (χ1) is 8.65. The highest BCUT2D eigenvalue weighted by Gasteiger charge is 2.23. The van der Waals surface area contributed by atoms with Crippen molar-refractivity contribution in [1.29, 1.82) is 0 Å². The van der Waals surface area contributed by atoms with Crippen LogP contribution in [0.2, 0.25) is 10.2 Å². The predicted octanol–water partition coefficient (Wildman–Crippen LogP) is 3.13. The van der Waals surface area contributed by atoms with Gasteiger partial charge in [0.05, 0.1) is 5.69 Å². The quantitative estimate of drug-likeness (QED) is 0.873. The van der Waals surface area contributed by atoms with E-state index < -0.39 is 0 Å². The molecule has 2 N–H and O–H groups in total. The molecule has 1 aliphatic rings. The van der Waals surface area contributed by atoms with Crippen LogP contribution in [0.15, 0.2) is 24.3 Å². The van der Waals surface area contributed by atoms with Crippen LogP contribution in [-0.4, -0.2) is 15.6 Å². The van der Waals surface area contributed by atoms with E-state index in [1.165, 1.54) is 0 Å². The Morgan fingerprint density at radius 2 is 2.17 bits per heavy atom. The molecular formula is C13H13Cl2N3. The van der Waals surface area contributed by atoms with E-state index in [0.717, 1.165) is 36.5 Å². The zero-order valence-corrected chi connectivity index (χ0v) is 11.2. The molecule has 5 heteroatoms. The molecule has 0 aliphatic carbocycles. The van der Waals surface area contributed by atoms with Crippen molar-refractivity contribution in [2.45, 2.75) is 25.4 Å². The average Bonchev–Trinajstić information content (AvgIpc) is 2.67. The van der Waals surface area contributed by atoms with Crippen molar-refractivity contribution in [2.24, 2.45) is 5.73 Å². The summed E-state index contributed by atoms with van der Waals surface area (Å²) in [6.07, 6.45) is 1.74. The maximum Gasteiger partial charge on any atom is 0.151 e. The summed E-state index contributed by atoms with van der Waals surface area (Å²) in [5, 5.41) is 1.26. The van der Waals surface area contributed by atoms with Crippen LogP contribution in [0, 0.1) is 0 Å². The molecule has 1 atom stereocenters. The van der Waals surface area contributed by atoms with E-state index in [1.54, 1.807) is 0 Å². The molecule has 1 aliphatic heterocycles. The fraction of sp³-hybridized carbons (Fsp3) is 0.308. The number of hydrogen-bond acceptors (Lipinski definition) is 2. The molecule has 0 amide bonds. The number of benzene rings is 1. The lowest BCUT2D eigenvalue weighted by Gasteiger charge is -2.22. The number of hydrogen-bond donors (Lipinski definition) is 1. The van der Waals surface area contributed by atoms with E-state index in [9.17, 15) is 0 Å². The highest BCUT2D eigenvalue weighted by atomic mass is 35.5. The fourth-order valence-electron chi connectivity index (χ4n) is 2.39. The summed E-state index contributed by atoms with van der Waals surface area (Å²) in [7, 11) is 0. The third kappa shape index (κ3) is 2.03. The SMILES string of the molecule is NC1CCn2c(-c3cccc(Cl)c3)nc(Cl)c2C1. The lowest BCUT2D eigenvalue weighted by atomic mass is 10.1. The van der Waals surface area contributed by atoms with Crippen molar-refractivity contribution in [3.8, 4) is 11.4 Å². The van der Waals surface area contributed by atoms with Crippen LogP contribution >= 0.6 is 23.2 Å². The van der Waals surface area contributed by atoms with Crippen molar-refractivity contribution >= 4 is 23.2 Å². The topological polar surface area (TPSA) is 43.8 Å². The van der Waals surface area contributed by atoms with E-state index in [2.05, 4.69) is 9.55 Å². The maximum absolute atomic E-state index is 6.20. The van der Waals surface area contributed by atoms with Crippen LogP contribution in [0.25, 0.3) is 11.4 Å². The summed E-state index contributed by atoms with van der Waals surface area (Å²) in [4.78, 5) is 4.45. The van der Waals surface area contributed by atoms with Crippen LogP contribution in [-0.2, 0) is 13.0 Å². The molecule has 0 saturated carbocycles. The molecule has 0 bridgehead atoms. The van der Waals surface area contributed by atoms with Crippen LogP contribution in [0.5, 0.6) is 0 Å². The van der Waals surface area contributed by atoms with E-state index in [4.69, 9.17) is 28.9 Å². The molecular weight excluding hydrogens is 269 g/mol. The molecule has 94 valence electrons. The van der Waals surface area contributed by atoms with E-state index in [1.807, 2.05) is 24.3 Å². The number of aromatic nitrogens is 2. The van der Waals surface area contributed by atoms with Gasteiger partial charge in [-0.2, -0.15) is 0 Å². The van der Waals surface area contributed by atoms with E-state index in [-0.39, 0.29) is 6.04 Å². The van der Waals surface area contributed by atoms with Crippen LogP contribution < -0.4 is 5.73 Å². The number of nitrogens with zero attached hydrogens (tertiary/aromatic N) is 2. The number of rotatable bonds is 1. The molecule has 0 saturated heterocycles. The molecule has 3 rings (SSSR count). The van der Waals surface area contributed by atoms with Crippen LogP contribution in [0.4, 0.5) is 0 Å². The van der Waals surface area contributed by atoms with Gasteiger partial charge >= 0.3 is 0 Å². The zero-order chi connectivity index (χ0) is 12.7. The largest absolute Gasteiger partial charge is 0.327 e. The van der Waals surface area contributed by atoms with Gasteiger partial charge in [-0.05, 0) is 18.6 Å². The second-order valence-corrected chi connectivity index (χ2v) is 5.38. The van der Waals surface area contributed by atoms with Crippen molar-refractivity contribution in [1.82, 2.24) is 9.55 Å². The van der Waals surface area contributed by atoms with Gasteiger partial charge in [0.15, 0.2) is 5.15 Å². The predicted molar refractivity (Wildman–Crippen MR) is 74.0 cm³/mol. The molecule has 2 heterocycles. The molecule has 0 radical (unpaired) electrons. The average molecular weight is 282 g/mol. The summed E-state index contributed by atoms with van der Waals surface area (Å²) in [6.45, 7) is 0.859. The van der Waals surface area contributed by atoms with Gasteiger partial charge in [-0.15, -0.1) is 0 Å². The van der Waals surface area contributed by atoms with Crippen molar-refractivity contribution in [3.63, 3.8) is 0 Å². The molecule has 1 aromatic carbocycles. The van der Waals surface area contributed by atoms with Gasteiger partial charge < -0.3 is 10.3 Å². The molecule has 0 fully saturated rings. The molecule has 3 nitrogen and oxygen atoms in total. The Labute approximate surface area is 116 Å². The number of nitrogens with two attached hydrogens (primary N) is 1. The zero-order valence-electron chi connectivity index (χ0n) is 9.74. The molecule has 1 unspecified atom stereocenters. The Morgan fingerprint density at radius 3 is 2.94 bits per heavy atom. The van der Waals surface area contributed by atoms with Crippen molar-refractivity contribution in [2.75, 3.05) is 0 Å². The molecule has 2 aromatic rings. The summed E-state index contributed by atoms with van der Waals surface area (Å²) < 4.78 is 2.15. The lowest BCUT2D eigenvalue weighted by molar-refractivity contribution is 0.475. The summed E-state index contributed by atoms with van der Waals surface area (Å²) in [5.41, 5.74) is 7.99. The van der Waals surface area contributed by atoms with Crippen molar-refractivity contribution in [3.05, 3.63) is 40.1 Å². The van der Waals surface area contributed by atoms with Gasteiger partial charge in [-0.1, -0.05) is 35.3 Å². The molecule has 18 heavy (non-hydrogen) atoms. The van der Waals surface area contributed by atoms with Gasteiger partial charge in [-0.25, -0.2) is 4.98 Å². The van der Waals surface area contributed by atoms with E-state index >= 15 is 0 Å². The second-order valence-electron chi connectivity index (χ2n) is 4.59. The standard InChI is InChI=1S/C13H13Cl2N3/c14-9-3-1-2-8(6-9)13-17-12(15)11-7-10(16)4-5-18(11)13/h1-3,6,10H,4-5,7,16H2. The molecule has 0 spiro atoms. The minimum atomic E-state index is 0.180. The maximum atomic E-state index is 6.20. The summed E-state index contributed by atoms with van der Waals surface area (Å²) in [5.74, 6) is 0.879. The lowest BCUT2D eigenvalue weighted by Crippen LogP contribution is -2.30. The highest BCUT2D eigenvalue weighted by molar-refractivity contribution is 6.31. The Morgan fingerprint density at radius 1 is 1.33 bits per heavy atom. The normalized spacial score (nSPS) is 18.7. The summed E-state index contributed by atoms with van der Waals surface area (Å²) in [6, 6.07) is 7.85. The van der Waals surface area contributed by atoms with Gasteiger partial charge in [0.1, 0.15) is 5.82 Å². The Bertz CT molecular complexity index is 592. The Balaban J connectivity index is 2.11. The van der Waals surface area contributed by atoms with Gasteiger partial charge in [0.25, 0.3) is 0 Å². The number of halogens is 2. The highest BCUT2D eigenvalue weighted by Crippen LogP contribution is 2.30. The smallest absolute Gasteiger partial charge is 0.151 e. The van der Waals surface area contributed by atoms with E-state index in [0.29, 0.717) is 10.2 Å². The molecule has 1 aromatic heterocycles. The van der Waals surface area contributed by atoms with Gasteiger partial charge in [-0.3, -0.25) is 0 Å². The Kier molecular flexibility index (Phi) is 3.06. The first-order valence-electron chi connectivity index (χ1n) is 5.91. The first kappa shape index (κ1) is 12.0.